The molecule has 3 rings (SSSR count). The Balaban J connectivity index is 1.61. The molecule has 0 radical (unpaired) electrons. The first-order valence-corrected chi connectivity index (χ1v) is 9.67. The number of amides is 1. The van der Waals surface area contributed by atoms with Crippen LogP contribution < -0.4 is 19.7 Å². The van der Waals surface area contributed by atoms with Gasteiger partial charge in [0, 0.05) is 31.2 Å². The summed E-state index contributed by atoms with van der Waals surface area (Å²) >= 11 is 6.05. The molecule has 6 nitrogen and oxygen atoms in total. The lowest BCUT2D eigenvalue weighted by atomic mass is 10.2. The van der Waals surface area contributed by atoms with Crippen molar-refractivity contribution >= 4 is 28.9 Å². The van der Waals surface area contributed by atoms with Crippen molar-refractivity contribution in [3.8, 4) is 11.5 Å². The Kier molecular flexibility index (Phi) is 6.65. The van der Waals surface area contributed by atoms with E-state index in [2.05, 4.69) is 21.2 Å². The minimum absolute atomic E-state index is 0.0775. The molecule has 1 fully saturated rings. The van der Waals surface area contributed by atoms with Crippen molar-refractivity contribution in [3.05, 3.63) is 47.5 Å². The SMILES string of the molecule is COc1ccc(Cl)cc1NC(=O)[C@H](C)N1CCN(c2ccccc2OC)CC1. The van der Waals surface area contributed by atoms with Crippen LogP contribution in [0.25, 0.3) is 0 Å². The molecule has 1 N–H and O–H groups in total. The van der Waals surface area contributed by atoms with E-state index in [1.807, 2.05) is 25.1 Å². The quantitative estimate of drug-likeness (QED) is 0.799. The number of hydrogen-bond donors (Lipinski definition) is 1. The molecule has 0 saturated carbocycles. The zero-order valence-corrected chi connectivity index (χ0v) is 17.2. The van der Waals surface area contributed by atoms with E-state index in [1.54, 1.807) is 32.4 Å². The summed E-state index contributed by atoms with van der Waals surface area (Å²) in [5, 5.41) is 3.49. The predicted molar refractivity (Wildman–Crippen MR) is 113 cm³/mol. The number of nitrogens with zero attached hydrogens (tertiary/aromatic N) is 2. The summed E-state index contributed by atoms with van der Waals surface area (Å²) in [6, 6.07) is 12.9. The summed E-state index contributed by atoms with van der Waals surface area (Å²) in [5.74, 6) is 1.38. The van der Waals surface area contributed by atoms with Crippen LogP contribution in [0, 0.1) is 0 Å². The fourth-order valence-corrected chi connectivity index (χ4v) is 3.59. The fourth-order valence-electron chi connectivity index (χ4n) is 3.42. The average molecular weight is 404 g/mol. The monoisotopic (exact) mass is 403 g/mol. The zero-order chi connectivity index (χ0) is 20.1. The second-order valence-electron chi connectivity index (χ2n) is 6.70. The van der Waals surface area contributed by atoms with Crippen LogP contribution in [0.5, 0.6) is 11.5 Å². The number of anilines is 2. The normalized spacial score (nSPS) is 15.8. The Bertz CT molecular complexity index is 822. The van der Waals surface area contributed by atoms with Crippen molar-refractivity contribution in [2.75, 3.05) is 50.6 Å². The van der Waals surface area contributed by atoms with Crippen LogP contribution in [0.4, 0.5) is 11.4 Å². The van der Waals surface area contributed by atoms with E-state index in [0.29, 0.717) is 16.5 Å². The van der Waals surface area contributed by atoms with E-state index < -0.39 is 0 Å². The van der Waals surface area contributed by atoms with Gasteiger partial charge in [-0.3, -0.25) is 9.69 Å². The average Bonchev–Trinajstić information content (AvgIpc) is 2.73. The second-order valence-corrected chi connectivity index (χ2v) is 7.14. The van der Waals surface area contributed by atoms with Crippen molar-refractivity contribution < 1.29 is 14.3 Å². The molecular weight excluding hydrogens is 378 g/mol. The number of carbonyl (C=O) groups excluding carboxylic acids is 1. The molecule has 0 aliphatic carbocycles. The molecule has 1 heterocycles. The third kappa shape index (κ3) is 4.51. The lowest BCUT2D eigenvalue weighted by Gasteiger charge is -2.38. The molecule has 28 heavy (non-hydrogen) atoms. The van der Waals surface area contributed by atoms with Crippen LogP contribution in [-0.4, -0.2) is 57.2 Å². The number of piperazine rings is 1. The first-order chi connectivity index (χ1) is 13.5. The van der Waals surface area contributed by atoms with Gasteiger partial charge < -0.3 is 19.7 Å². The Morgan fingerprint density at radius 3 is 2.39 bits per heavy atom. The van der Waals surface area contributed by atoms with Crippen LogP contribution >= 0.6 is 11.6 Å². The molecule has 1 saturated heterocycles. The standard InChI is InChI=1S/C21H26ClN3O3/c1-15(21(26)23-17-14-16(22)8-9-19(17)27-2)24-10-12-25(13-11-24)18-6-4-5-7-20(18)28-3/h4-9,14-15H,10-13H2,1-3H3,(H,23,26)/t15-/m0/s1. The highest BCUT2D eigenvalue weighted by molar-refractivity contribution is 6.31. The van der Waals surface area contributed by atoms with Gasteiger partial charge in [0.05, 0.1) is 31.6 Å². The molecule has 1 amide bonds. The van der Waals surface area contributed by atoms with Crippen LogP contribution in [0.3, 0.4) is 0 Å². The number of nitrogens with one attached hydrogen (secondary N) is 1. The summed E-state index contributed by atoms with van der Waals surface area (Å²) in [4.78, 5) is 17.2. The topological polar surface area (TPSA) is 54.0 Å². The fraction of sp³-hybridized carbons (Fsp3) is 0.381. The maximum absolute atomic E-state index is 12.8. The third-order valence-electron chi connectivity index (χ3n) is 5.09. The van der Waals surface area contributed by atoms with E-state index in [-0.39, 0.29) is 11.9 Å². The number of rotatable bonds is 6. The number of ether oxygens (including phenoxy) is 2. The third-order valence-corrected chi connectivity index (χ3v) is 5.32. The highest BCUT2D eigenvalue weighted by Gasteiger charge is 2.27. The van der Waals surface area contributed by atoms with Gasteiger partial charge in [0.2, 0.25) is 5.91 Å². The number of para-hydroxylation sites is 2. The lowest BCUT2D eigenvalue weighted by Crippen LogP contribution is -2.52. The van der Waals surface area contributed by atoms with E-state index in [0.717, 1.165) is 37.6 Å². The predicted octanol–water partition coefficient (Wildman–Crippen LogP) is 3.51. The van der Waals surface area contributed by atoms with Gasteiger partial charge in [-0.2, -0.15) is 0 Å². The number of carbonyl (C=O) groups is 1. The number of methoxy groups -OCH3 is 2. The first-order valence-electron chi connectivity index (χ1n) is 9.30. The molecule has 1 atom stereocenters. The number of halogens is 1. The summed E-state index contributed by atoms with van der Waals surface area (Å²) in [6.07, 6.45) is 0. The Labute approximate surface area is 171 Å². The van der Waals surface area contributed by atoms with Crippen LogP contribution in [0.1, 0.15) is 6.92 Å². The van der Waals surface area contributed by atoms with Gasteiger partial charge in [-0.15, -0.1) is 0 Å². The molecule has 1 aliphatic rings. The van der Waals surface area contributed by atoms with Gasteiger partial charge >= 0.3 is 0 Å². The Morgan fingerprint density at radius 1 is 1.04 bits per heavy atom. The maximum atomic E-state index is 12.8. The highest BCUT2D eigenvalue weighted by atomic mass is 35.5. The molecular formula is C21H26ClN3O3. The molecule has 0 spiro atoms. The van der Waals surface area contributed by atoms with E-state index >= 15 is 0 Å². The van der Waals surface area contributed by atoms with Crippen LogP contribution in [0.2, 0.25) is 5.02 Å². The molecule has 7 heteroatoms. The van der Waals surface area contributed by atoms with Crippen LogP contribution in [-0.2, 0) is 4.79 Å². The van der Waals surface area contributed by atoms with Gasteiger partial charge in [0.1, 0.15) is 11.5 Å². The summed E-state index contributed by atoms with van der Waals surface area (Å²) in [5.41, 5.74) is 1.67. The number of hydrogen-bond acceptors (Lipinski definition) is 5. The number of benzene rings is 2. The Hall–Kier alpha value is -2.44. The molecule has 2 aromatic carbocycles. The second kappa shape index (κ2) is 9.17. The minimum Gasteiger partial charge on any atom is -0.495 e. The van der Waals surface area contributed by atoms with Crippen molar-refractivity contribution in [2.24, 2.45) is 0 Å². The van der Waals surface area contributed by atoms with Crippen molar-refractivity contribution in [1.82, 2.24) is 4.90 Å². The maximum Gasteiger partial charge on any atom is 0.241 e. The van der Waals surface area contributed by atoms with Crippen LogP contribution in [0.15, 0.2) is 42.5 Å². The molecule has 2 aromatic rings. The Morgan fingerprint density at radius 2 is 1.71 bits per heavy atom. The van der Waals surface area contributed by atoms with Crippen molar-refractivity contribution in [1.29, 1.82) is 0 Å². The van der Waals surface area contributed by atoms with Gasteiger partial charge in [0.25, 0.3) is 0 Å². The lowest BCUT2D eigenvalue weighted by molar-refractivity contribution is -0.120. The van der Waals surface area contributed by atoms with E-state index in [1.165, 1.54) is 0 Å². The minimum atomic E-state index is -0.261. The summed E-state index contributed by atoms with van der Waals surface area (Å²) in [7, 11) is 3.25. The van der Waals surface area contributed by atoms with Gasteiger partial charge in [-0.1, -0.05) is 23.7 Å². The van der Waals surface area contributed by atoms with Crippen molar-refractivity contribution in [3.63, 3.8) is 0 Å². The molecule has 0 aromatic heterocycles. The highest BCUT2D eigenvalue weighted by Crippen LogP contribution is 2.30. The summed E-state index contributed by atoms with van der Waals surface area (Å²) < 4.78 is 10.8. The largest absolute Gasteiger partial charge is 0.495 e. The zero-order valence-electron chi connectivity index (χ0n) is 16.4. The van der Waals surface area contributed by atoms with Crippen molar-refractivity contribution in [2.45, 2.75) is 13.0 Å². The van der Waals surface area contributed by atoms with Gasteiger partial charge in [0.15, 0.2) is 0 Å². The molecule has 0 bridgehead atoms. The summed E-state index contributed by atoms with van der Waals surface area (Å²) in [6.45, 7) is 5.17. The molecule has 0 unspecified atom stereocenters. The molecule has 1 aliphatic heterocycles. The first kappa shape index (κ1) is 20.3. The smallest absolute Gasteiger partial charge is 0.241 e. The van der Waals surface area contributed by atoms with E-state index in [9.17, 15) is 4.79 Å². The van der Waals surface area contributed by atoms with Gasteiger partial charge in [-0.05, 0) is 37.3 Å². The molecule has 150 valence electrons. The van der Waals surface area contributed by atoms with E-state index in [4.69, 9.17) is 21.1 Å². The van der Waals surface area contributed by atoms with Gasteiger partial charge in [-0.25, -0.2) is 0 Å².